The molecular weight excluding hydrogens is 526 g/mol. The van der Waals surface area contributed by atoms with E-state index in [9.17, 15) is 22.8 Å². The number of rotatable bonds is 17. The highest BCUT2D eigenvalue weighted by atomic mass is 32.2. The molecule has 2 amide bonds. The van der Waals surface area contributed by atoms with Gasteiger partial charge in [0.2, 0.25) is 16.9 Å². The van der Waals surface area contributed by atoms with Crippen LogP contribution in [0.15, 0.2) is 30.3 Å². The fraction of sp³-hybridized carbons (Fsp3) is 0.667. The van der Waals surface area contributed by atoms with Gasteiger partial charge in [-0.15, -0.1) is 0 Å². The molecule has 1 aromatic rings. The van der Waals surface area contributed by atoms with Gasteiger partial charge in [0, 0.05) is 48.1 Å². The molecule has 0 aliphatic rings. The minimum absolute atomic E-state index is 0.0313. The van der Waals surface area contributed by atoms with Gasteiger partial charge in [-0.3, -0.25) is 18.9 Å². The van der Waals surface area contributed by atoms with Crippen LogP contribution in [0.2, 0.25) is 0 Å². The molecule has 0 aliphatic heterocycles. The Hall–Kier alpha value is -1.95. The van der Waals surface area contributed by atoms with Crippen LogP contribution in [0.1, 0.15) is 63.7 Å². The first-order chi connectivity index (χ1) is 17.5. The summed E-state index contributed by atoms with van der Waals surface area (Å²) in [6.45, 7) is 9.66. The molecule has 0 saturated carbocycles. The molecule has 0 aromatic heterocycles. The minimum atomic E-state index is -3.95. The van der Waals surface area contributed by atoms with Crippen molar-refractivity contribution in [2.45, 2.75) is 53.4 Å². The number of nitrogens with one attached hydrogen (secondary N) is 2. The summed E-state index contributed by atoms with van der Waals surface area (Å²) >= 11 is 1.17. The molecule has 0 bridgehead atoms. The smallest absolute Gasteiger partial charge is 0.265 e. The number of quaternary nitrogens is 1. The van der Waals surface area contributed by atoms with Crippen molar-refractivity contribution in [2.75, 3.05) is 51.8 Å². The van der Waals surface area contributed by atoms with E-state index in [2.05, 4.69) is 10.6 Å². The third-order valence-electron chi connectivity index (χ3n) is 6.80. The number of nitrogens with zero attached hydrogens (tertiary/aromatic N) is 1. The second kappa shape index (κ2) is 15.0. The van der Waals surface area contributed by atoms with E-state index in [4.69, 9.17) is 4.55 Å². The molecule has 0 heterocycles. The van der Waals surface area contributed by atoms with Gasteiger partial charge in [-0.1, -0.05) is 69.8 Å². The maximum absolute atomic E-state index is 13.0. The zero-order valence-corrected chi connectivity index (χ0v) is 25.3. The zero-order chi connectivity index (χ0) is 29.0. The predicted molar refractivity (Wildman–Crippen MR) is 154 cm³/mol. The van der Waals surface area contributed by atoms with E-state index in [-0.39, 0.29) is 22.7 Å². The van der Waals surface area contributed by atoms with Crippen molar-refractivity contribution in [2.24, 2.45) is 10.8 Å². The highest BCUT2D eigenvalue weighted by molar-refractivity contribution is 8.14. The molecule has 1 aromatic carbocycles. The summed E-state index contributed by atoms with van der Waals surface area (Å²) < 4.78 is 31.3. The van der Waals surface area contributed by atoms with Crippen LogP contribution in [0.5, 0.6) is 0 Å². The Kier molecular flexibility index (Phi) is 13.5. The fourth-order valence-corrected chi connectivity index (χ4v) is 5.52. The third kappa shape index (κ3) is 12.7. The second-order valence-corrected chi connectivity index (χ2v) is 14.0. The van der Waals surface area contributed by atoms with Crippen molar-refractivity contribution < 1.29 is 31.8 Å². The van der Waals surface area contributed by atoms with Crippen LogP contribution in [0.3, 0.4) is 0 Å². The van der Waals surface area contributed by atoms with E-state index in [0.29, 0.717) is 61.1 Å². The molecule has 0 saturated heterocycles. The van der Waals surface area contributed by atoms with Gasteiger partial charge >= 0.3 is 0 Å². The van der Waals surface area contributed by atoms with Crippen LogP contribution in [-0.4, -0.2) is 86.2 Å². The molecule has 0 fully saturated rings. The Morgan fingerprint density at radius 2 is 1.53 bits per heavy atom. The van der Waals surface area contributed by atoms with Crippen LogP contribution in [0, 0.1) is 10.8 Å². The largest absolute Gasteiger partial charge is 0.355 e. The first kappa shape index (κ1) is 34.1. The first-order valence-corrected chi connectivity index (χ1v) is 15.7. The Balaban J connectivity index is 2.48. The van der Waals surface area contributed by atoms with E-state index in [1.807, 2.05) is 60.0 Å². The topological polar surface area (TPSA) is 130 Å². The number of benzene rings is 1. The van der Waals surface area contributed by atoms with Crippen molar-refractivity contribution in [1.82, 2.24) is 10.6 Å². The molecule has 3 N–H and O–H groups in total. The number of carbonyl (C=O) groups excluding carboxylic acids is 3. The van der Waals surface area contributed by atoms with Crippen molar-refractivity contribution in [1.29, 1.82) is 0 Å². The lowest BCUT2D eigenvalue weighted by Crippen LogP contribution is -2.47. The van der Waals surface area contributed by atoms with Gasteiger partial charge < -0.3 is 15.1 Å². The maximum atomic E-state index is 13.0. The summed E-state index contributed by atoms with van der Waals surface area (Å²) in [7, 11) is 0.0128. The fourth-order valence-electron chi connectivity index (χ4n) is 4.34. The molecule has 11 heteroatoms. The molecule has 216 valence electrons. The van der Waals surface area contributed by atoms with Gasteiger partial charge in [0.05, 0.1) is 32.9 Å². The molecule has 0 aliphatic carbocycles. The van der Waals surface area contributed by atoms with E-state index in [1.54, 1.807) is 12.1 Å². The molecule has 0 spiro atoms. The predicted octanol–water partition coefficient (Wildman–Crippen LogP) is 3.37. The Bertz CT molecular complexity index is 1030. The van der Waals surface area contributed by atoms with Crippen LogP contribution in [0.4, 0.5) is 0 Å². The van der Waals surface area contributed by atoms with Crippen molar-refractivity contribution in [3.8, 4) is 0 Å². The van der Waals surface area contributed by atoms with Gasteiger partial charge in [0.15, 0.2) is 0 Å². The van der Waals surface area contributed by atoms with E-state index in [1.165, 1.54) is 11.8 Å². The molecule has 1 rings (SSSR count). The molecule has 0 radical (unpaired) electrons. The average molecular weight is 573 g/mol. The van der Waals surface area contributed by atoms with Gasteiger partial charge in [-0.05, 0) is 12.8 Å². The van der Waals surface area contributed by atoms with Crippen LogP contribution in [-0.2, 0) is 19.7 Å². The van der Waals surface area contributed by atoms with Gasteiger partial charge in [-0.25, -0.2) is 0 Å². The molecular formula is C27H46N3O6S2+. The molecule has 9 nitrogen and oxygen atoms in total. The number of hydrogen-bond donors (Lipinski definition) is 3. The highest BCUT2D eigenvalue weighted by Gasteiger charge is 2.40. The number of thioether (sulfide) groups is 1. The monoisotopic (exact) mass is 572 g/mol. The lowest BCUT2D eigenvalue weighted by molar-refractivity contribution is -0.890. The summed E-state index contributed by atoms with van der Waals surface area (Å²) in [4.78, 5) is 38.2. The Morgan fingerprint density at radius 1 is 0.947 bits per heavy atom. The summed E-state index contributed by atoms with van der Waals surface area (Å²) in [6.07, 6.45) is 2.03. The van der Waals surface area contributed by atoms with Crippen LogP contribution in [0.25, 0.3) is 0 Å². The standard InChI is InChI=1S/C27H45N3O6S2/c1-7-27(4,25(33)29-16-19-37-23(31)22-13-9-8-10-14-22)21-26(2,3)24(32)28-15-11-17-30(5,6)18-12-20-38(34,35)36/h8-10,13-14H,7,11-12,15-21H2,1-6H3,(H2-,28,29,32,33,34,35,36)/p+1. The zero-order valence-electron chi connectivity index (χ0n) is 23.7. The molecule has 38 heavy (non-hydrogen) atoms. The quantitative estimate of drug-likeness (QED) is 0.148. The molecule has 1 unspecified atom stereocenters. The first-order valence-electron chi connectivity index (χ1n) is 13.1. The third-order valence-corrected chi connectivity index (χ3v) is 8.51. The normalized spacial score (nSPS) is 14.0. The summed E-state index contributed by atoms with van der Waals surface area (Å²) in [6, 6.07) is 9.02. The van der Waals surface area contributed by atoms with Crippen molar-refractivity contribution in [3.63, 3.8) is 0 Å². The van der Waals surface area contributed by atoms with E-state index in [0.717, 1.165) is 6.54 Å². The average Bonchev–Trinajstić information content (AvgIpc) is 2.83. The summed E-state index contributed by atoms with van der Waals surface area (Å²) in [5.74, 6) is -0.0368. The Labute approximate surface area is 232 Å². The Morgan fingerprint density at radius 3 is 2.11 bits per heavy atom. The lowest BCUT2D eigenvalue weighted by atomic mass is 9.71. The minimum Gasteiger partial charge on any atom is -0.355 e. The van der Waals surface area contributed by atoms with Crippen LogP contribution < -0.4 is 10.6 Å². The number of amides is 2. The van der Waals surface area contributed by atoms with Gasteiger partial charge in [0.1, 0.15) is 0 Å². The SMILES string of the molecule is CCC(C)(CC(C)(C)C(=O)NCCC[N+](C)(C)CCCS(=O)(=O)O)C(=O)NCCSC(=O)c1ccccc1. The van der Waals surface area contributed by atoms with Crippen molar-refractivity contribution in [3.05, 3.63) is 35.9 Å². The van der Waals surface area contributed by atoms with Gasteiger partial charge in [0.25, 0.3) is 10.1 Å². The number of carbonyl (C=O) groups is 3. The highest BCUT2D eigenvalue weighted by Crippen LogP contribution is 2.37. The maximum Gasteiger partial charge on any atom is 0.265 e. The van der Waals surface area contributed by atoms with E-state index < -0.39 is 20.9 Å². The van der Waals surface area contributed by atoms with Crippen molar-refractivity contribution >= 4 is 38.8 Å². The summed E-state index contributed by atoms with van der Waals surface area (Å²) in [5.41, 5.74) is -0.865. The van der Waals surface area contributed by atoms with Gasteiger partial charge in [-0.2, -0.15) is 8.42 Å². The summed E-state index contributed by atoms with van der Waals surface area (Å²) in [5, 5.41) is 5.89. The second-order valence-electron chi connectivity index (χ2n) is 11.4. The molecule has 1 atom stereocenters. The van der Waals surface area contributed by atoms with Crippen LogP contribution >= 0.6 is 11.8 Å². The number of hydrogen-bond acceptors (Lipinski definition) is 6. The van der Waals surface area contributed by atoms with E-state index >= 15 is 0 Å². The lowest BCUT2D eigenvalue weighted by Gasteiger charge is -2.35.